The Bertz CT molecular complexity index is 637. The third kappa shape index (κ3) is 2.88. The molecular formula is C10H8N4O4S. The molecule has 0 saturated carbocycles. The Morgan fingerprint density at radius 2 is 2.26 bits per heavy atom. The number of nitro groups is 1. The molecule has 0 aliphatic rings. The van der Waals surface area contributed by atoms with Crippen LogP contribution in [0.25, 0.3) is 0 Å². The molecule has 0 amide bonds. The van der Waals surface area contributed by atoms with E-state index in [4.69, 9.17) is 5.11 Å². The Morgan fingerprint density at radius 1 is 1.53 bits per heavy atom. The van der Waals surface area contributed by atoms with Gasteiger partial charge in [-0.2, -0.15) is 5.10 Å². The molecule has 0 bridgehead atoms. The largest absolute Gasteiger partial charge is 0.478 e. The SMILES string of the molecule is Cn1cc([N+](=O)[O-])c(Sc2ccc(C(=O)O)cn2)n1. The lowest BCUT2D eigenvalue weighted by atomic mass is 10.3. The Labute approximate surface area is 111 Å². The average Bonchev–Trinajstić information content (AvgIpc) is 2.71. The van der Waals surface area contributed by atoms with Gasteiger partial charge in [-0.05, 0) is 23.9 Å². The highest BCUT2D eigenvalue weighted by atomic mass is 32.2. The van der Waals surface area contributed by atoms with Crippen LogP contribution in [0.2, 0.25) is 0 Å². The molecule has 0 aliphatic heterocycles. The number of aryl methyl sites for hydroxylation is 1. The first-order valence-corrected chi connectivity index (χ1v) is 5.84. The zero-order valence-electron chi connectivity index (χ0n) is 9.68. The van der Waals surface area contributed by atoms with Crippen LogP contribution in [0.3, 0.4) is 0 Å². The van der Waals surface area contributed by atoms with Crippen LogP contribution in [0.15, 0.2) is 34.6 Å². The maximum Gasteiger partial charge on any atom is 0.337 e. The van der Waals surface area contributed by atoms with Crippen molar-refractivity contribution in [2.24, 2.45) is 7.05 Å². The number of aromatic nitrogens is 3. The van der Waals surface area contributed by atoms with Gasteiger partial charge in [-0.25, -0.2) is 9.78 Å². The van der Waals surface area contributed by atoms with Crippen molar-refractivity contribution < 1.29 is 14.8 Å². The molecule has 8 nitrogen and oxygen atoms in total. The fraction of sp³-hybridized carbons (Fsp3) is 0.100. The summed E-state index contributed by atoms with van der Waals surface area (Å²) >= 11 is 1.01. The number of carboxylic acid groups (broad SMARTS) is 1. The summed E-state index contributed by atoms with van der Waals surface area (Å²) in [6, 6.07) is 2.86. The van der Waals surface area contributed by atoms with Gasteiger partial charge in [-0.3, -0.25) is 14.8 Å². The smallest absolute Gasteiger partial charge is 0.337 e. The Morgan fingerprint density at radius 3 is 2.79 bits per heavy atom. The van der Waals surface area contributed by atoms with E-state index in [1.54, 1.807) is 7.05 Å². The lowest BCUT2D eigenvalue weighted by Crippen LogP contribution is -1.96. The van der Waals surface area contributed by atoms with Gasteiger partial charge in [0.25, 0.3) is 0 Å². The maximum absolute atomic E-state index is 10.8. The number of rotatable bonds is 4. The summed E-state index contributed by atoms with van der Waals surface area (Å²) in [6.07, 6.45) is 2.49. The van der Waals surface area contributed by atoms with Gasteiger partial charge < -0.3 is 5.11 Å². The van der Waals surface area contributed by atoms with Crippen molar-refractivity contribution in [1.29, 1.82) is 0 Å². The summed E-state index contributed by atoms with van der Waals surface area (Å²) in [5, 5.41) is 24.2. The summed E-state index contributed by atoms with van der Waals surface area (Å²) in [5.41, 5.74) is -0.0588. The van der Waals surface area contributed by atoms with Crippen LogP contribution in [-0.4, -0.2) is 30.8 Å². The Hall–Kier alpha value is -2.42. The van der Waals surface area contributed by atoms with Gasteiger partial charge in [-0.1, -0.05) is 0 Å². The number of nitrogens with zero attached hydrogens (tertiary/aromatic N) is 4. The first kappa shape index (κ1) is 13.0. The Balaban J connectivity index is 2.26. The minimum Gasteiger partial charge on any atom is -0.478 e. The molecule has 0 aromatic carbocycles. The molecule has 2 aromatic heterocycles. The van der Waals surface area contributed by atoms with Gasteiger partial charge >= 0.3 is 11.7 Å². The summed E-state index contributed by atoms with van der Waals surface area (Å²) < 4.78 is 1.34. The zero-order chi connectivity index (χ0) is 14.0. The van der Waals surface area contributed by atoms with E-state index in [1.807, 2.05) is 0 Å². The van der Waals surface area contributed by atoms with Crippen LogP contribution in [0.5, 0.6) is 0 Å². The maximum atomic E-state index is 10.8. The molecule has 0 radical (unpaired) electrons. The molecule has 0 unspecified atom stereocenters. The van der Waals surface area contributed by atoms with Crippen molar-refractivity contribution in [3.05, 3.63) is 40.2 Å². The van der Waals surface area contributed by atoms with E-state index in [2.05, 4.69) is 10.1 Å². The zero-order valence-corrected chi connectivity index (χ0v) is 10.5. The molecule has 98 valence electrons. The van der Waals surface area contributed by atoms with Gasteiger partial charge in [0.15, 0.2) is 0 Å². The van der Waals surface area contributed by atoms with E-state index in [0.717, 1.165) is 11.8 Å². The lowest BCUT2D eigenvalue weighted by molar-refractivity contribution is -0.387. The molecule has 2 heterocycles. The van der Waals surface area contributed by atoms with E-state index in [-0.39, 0.29) is 16.3 Å². The van der Waals surface area contributed by atoms with E-state index in [9.17, 15) is 14.9 Å². The third-order valence-electron chi connectivity index (χ3n) is 2.16. The van der Waals surface area contributed by atoms with Crippen LogP contribution in [-0.2, 0) is 7.05 Å². The van der Waals surface area contributed by atoms with E-state index < -0.39 is 10.9 Å². The van der Waals surface area contributed by atoms with Crippen molar-refractivity contribution in [3.8, 4) is 0 Å². The van der Waals surface area contributed by atoms with E-state index in [1.165, 1.54) is 29.2 Å². The Kier molecular flexibility index (Phi) is 3.47. The average molecular weight is 280 g/mol. The second-order valence-electron chi connectivity index (χ2n) is 3.54. The van der Waals surface area contributed by atoms with Crippen molar-refractivity contribution in [2.45, 2.75) is 10.1 Å². The van der Waals surface area contributed by atoms with Crippen LogP contribution >= 0.6 is 11.8 Å². The topological polar surface area (TPSA) is 111 Å². The van der Waals surface area contributed by atoms with Gasteiger partial charge in [-0.15, -0.1) is 0 Å². The monoisotopic (exact) mass is 280 g/mol. The first-order valence-electron chi connectivity index (χ1n) is 5.02. The van der Waals surface area contributed by atoms with Crippen LogP contribution in [0.4, 0.5) is 5.69 Å². The predicted molar refractivity (Wildman–Crippen MR) is 65.2 cm³/mol. The van der Waals surface area contributed by atoms with Gasteiger partial charge in [0, 0.05) is 13.2 Å². The molecule has 0 fully saturated rings. The van der Waals surface area contributed by atoms with Crippen molar-refractivity contribution >= 4 is 23.4 Å². The molecule has 1 N–H and O–H groups in total. The van der Waals surface area contributed by atoms with Crippen LogP contribution in [0.1, 0.15) is 10.4 Å². The van der Waals surface area contributed by atoms with Gasteiger partial charge in [0.1, 0.15) is 11.2 Å². The molecule has 0 aliphatic carbocycles. The molecule has 19 heavy (non-hydrogen) atoms. The van der Waals surface area contributed by atoms with E-state index >= 15 is 0 Å². The number of pyridine rings is 1. The van der Waals surface area contributed by atoms with Crippen LogP contribution in [0, 0.1) is 10.1 Å². The van der Waals surface area contributed by atoms with Crippen LogP contribution < -0.4 is 0 Å². The van der Waals surface area contributed by atoms with Crippen molar-refractivity contribution in [1.82, 2.24) is 14.8 Å². The minimum absolute atomic E-state index is 0.0554. The third-order valence-corrected chi connectivity index (χ3v) is 3.09. The standard InChI is InChI=1S/C10H8N4O4S/c1-13-5-7(14(17)18)9(12-13)19-8-3-2-6(4-11-8)10(15)16/h2-5H,1H3,(H,15,16). The normalized spacial score (nSPS) is 10.4. The molecular weight excluding hydrogens is 272 g/mol. The highest BCUT2D eigenvalue weighted by molar-refractivity contribution is 7.99. The summed E-state index contributed by atoms with van der Waals surface area (Å²) in [5.74, 6) is -1.08. The fourth-order valence-corrected chi connectivity index (χ4v) is 2.16. The summed E-state index contributed by atoms with van der Waals surface area (Å²) in [7, 11) is 1.58. The fourth-order valence-electron chi connectivity index (χ4n) is 1.32. The number of hydrogen-bond donors (Lipinski definition) is 1. The molecule has 2 rings (SSSR count). The second-order valence-corrected chi connectivity index (χ2v) is 4.55. The second kappa shape index (κ2) is 5.06. The number of aromatic carboxylic acids is 1. The predicted octanol–water partition coefficient (Wildman–Crippen LogP) is 1.57. The molecule has 9 heteroatoms. The highest BCUT2D eigenvalue weighted by Crippen LogP contribution is 2.31. The van der Waals surface area contributed by atoms with Gasteiger partial charge in [0.2, 0.25) is 5.03 Å². The summed E-state index contributed by atoms with van der Waals surface area (Å²) in [6.45, 7) is 0. The molecule has 2 aromatic rings. The van der Waals surface area contributed by atoms with Crippen molar-refractivity contribution in [3.63, 3.8) is 0 Å². The molecule has 0 atom stereocenters. The highest BCUT2D eigenvalue weighted by Gasteiger charge is 2.20. The summed E-state index contributed by atoms with van der Waals surface area (Å²) in [4.78, 5) is 24.9. The number of carboxylic acids is 1. The molecule has 0 spiro atoms. The van der Waals surface area contributed by atoms with Crippen molar-refractivity contribution in [2.75, 3.05) is 0 Å². The lowest BCUT2D eigenvalue weighted by Gasteiger charge is -1.98. The quantitative estimate of drug-likeness (QED) is 0.668. The van der Waals surface area contributed by atoms with Gasteiger partial charge in [0.05, 0.1) is 10.5 Å². The number of carbonyl (C=O) groups is 1. The minimum atomic E-state index is -1.08. The van der Waals surface area contributed by atoms with E-state index in [0.29, 0.717) is 5.03 Å². The number of hydrogen-bond acceptors (Lipinski definition) is 6. The molecule has 0 saturated heterocycles. The first-order chi connectivity index (χ1) is 8.97.